The second kappa shape index (κ2) is 3.61. The van der Waals surface area contributed by atoms with Crippen molar-refractivity contribution in [3.63, 3.8) is 0 Å². The molecule has 2 rings (SSSR count). The van der Waals surface area contributed by atoms with Crippen LogP contribution in [0.15, 0.2) is 0 Å². The predicted molar refractivity (Wildman–Crippen MR) is 56.8 cm³/mol. The van der Waals surface area contributed by atoms with Crippen molar-refractivity contribution in [1.29, 1.82) is 0 Å². The van der Waals surface area contributed by atoms with Crippen molar-refractivity contribution in [2.75, 3.05) is 6.54 Å². The Balaban J connectivity index is 1.68. The lowest BCUT2D eigenvalue weighted by Crippen LogP contribution is -2.36. The summed E-state index contributed by atoms with van der Waals surface area (Å²) in [5, 5.41) is 3.75. The van der Waals surface area contributed by atoms with Gasteiger partial charge in [0, 0.05) is 12.6 Å². The molecule has 0 bridgehead atoms. The predicted octanol–water partition coefficient (Wildman–Crippen LogP) is 2.95. The minimum Gasteiger partial charge on any atom is -0.313 e. The molecule has 0 aromatic carbocycles. The van der Waals surface area contributed by atoms with Gasteiger partial charge in [0.2, 0.25) is 0 Å². The van der Waals surface area contributed by atoms with Gasteiger partial charge in [-0.1, -0.05) is 26.7 Å². The zero-order valence-electron chi connectivity index (χ0n) is 9.10. The van der Waals surface area contributed by atoms with Crippen molar-refractivity contribution in [1.82, 2.24) is 5.32 Å². The van der Waals surface area contributed by atoms with Crippen molar-refractivity contribution in [3.8, 4) is 0 Å². The normalized spacial score (nSPS) is 37.4. The quantitative estimate of drug-likeness (QED) is 0.706. The molecule has 0 spiro atoms. The molecule has 2 aliphatic carbocycles. The van der Waals surface area contributed by atoms with Gasteiger partial charge in [0.1, 0.15) is 0 Å². The smallest absolute Gasteiger partial charge is 0.00698 e. The van der Waals surface area contributed by atoms with Crippen molar-refractivity contribution < 1.29 is 0 Å². The Morgan fingerprint density at radius 3 is 2.69 bits per heavy atom. The monoisotopic (exact) mass is 181 g/mol. The fourth-order valence-electron chi connectivity index (χ4n) is 2.40. The van der Waals surface area contributed by atoms with Gasteiger partial charge in [-0.2, -0.15) is 0 Å². The average Bonchev–Trinajstić information content (AvgIpc) is 2.82. The summed E-state index contributed by atoms with van der Waals surface area (Å²) in [6.45, 7) is 6.07. The van der Waals surface area contributed by atoms with Crippen molar-refractivity contribution >= 4 is 0 Å². The molecule has 2 aliphatic rings. The molecule has 2 atom stereocenters. The van der Waals surface area contributed by atoms with Gasteiger partial charge in [0.05, 0.1) is 0 Å². The standard InChI is InChI=1S/C12H23N/c1-10-4-3-5-11(8-10)13-9-12(2)6-7-12/h10-11,13H,3-9H2,1-2H3. The Bertz CT molecular complexity index is 172. The summed E-state index contributed by atoms with van der Waals surface area (Å²) >= 11 is 0. The Morgan fingerprint density at radius 2 is 2.08 bits per heavy atom. The lowest BCUT2D eigenvalue weighted by atomic mass is 9.87. The van der Waals surface area contributed by atoms with Gasteiger partial charge in [-0.25, -0.2) is 0 Å². The van der Waals surface area contributed by atoms with Crippen LogP contribution in [-0.2, 0) is 0 Å². The van der Waals surface area contributed by atoms with E-state index in [2.05, 4.69) is 19.2 Å². The van der Waals surface area contributed by atoms with Crippen molar-refractivity contribution in [2.45, 2.75) is 58.4 Å². The Hall–Kier alpha value is -0.0400. The molecule has 13 heavy (non-hydrogen) atoms. The minimum absolute atomic E-state index is 0.681. The van der Waals surface area contributed by atoms with E-state index >= 15 is 0 Å². The van der Waals surface area contributed by atoms with E-state index in [1.165, 1.54) is 45.1 Å². The molecule has 0 aromatic heterocycles. The molecular formula is C12H23N. The summed E-state index contributed by atoms with van der Waals surface area (Å²) in [5.74, 6) is 0.957. The van der Waals surface area contributed by atoms with Crippen molar-refractivity contribution in [2.24, 2.45) is 11.3 Å². The van der Waals surface area contributed by atoms with Gasteiger partial charge < -0.3 is 5.32 Å². The summed E-state index contributed by atoms with van der Waals surface area (Å²) in [7, 11) is 0. The topological polar surface area (TPSA) is 12.0 Å². The lowest BCUT2D eigenvalue weighted by Gasteiger charge is -2.28. The number of hydrogen-bond donors (Lipinski definition) is 1. The van der Waals surface area contributed by atoms with Gasteiger partial charge >= 0.3 is 0 Å². The van der Waals surface area contributed by atoms with Crippen LogP contribution in [0.3, 0.4) is 0 Å². The van der Waals surface area contributed by atoms with Crippen LogP contribution in [-0.4, -0.2) is 12.6 Å². The summed E-state index contributed by atoms with van der Waals surface area (Å²) in [5.41, 5.74) is 0.681. The molecule has 2 saturated carbocycles. The first kappa shape index (κ1) is 9.51. The fraction of sp³-hybridized carbons (Fsp3) is 1.00. The van der Waals surface area contributed by atoms with Crippen LogP contribution in [0.1, 0.15) is 52.4 Å². The molecule has 0 saturated heterocycles. The van der Waals surface area contributed by atoms with Crippen LogP contribution in [0.4, 0.5) is 0 Å². The summed E-state index contributed by atoms with van der Waals surface area (Å²) < 4.78 is 0. The third-order valence-electron chi connectivity index (χ3n) is 3.86. The maximum absolute atomic E-state index is 3.75. The molecule has 1 nitrogen and oxygen atoms in total. The summed E-state index contributed by atoms with van der Waals surface area (Å²) in [4.78, 5) is 0. The second-order valence-electron chi connectivity index (χ2n) is 5.66. The van der Waals surface area contributed by atoms with E-state index < -0.39 is 0 Å². The van der Waals surface area contributed by atoms with E-state index in [0.717, 1.165) is 12.0 Å². The Morgan fingerprint density at radius 1 is 1.31 bits per heavy atom. The van der Waals surface area contributed by atoms with Gasteiger partial charge in [-0.3, -0.25) is 0 Å². The van der Waals surface area contributed by atoms with E-state index in [1.807, 2.05) is 0 Å². The SMILES string of the molecule is CC1CCCC(NCC2(C)CC2)C1. The number of rotatable bonds is 3. The Labute approximate surface area is 82.3 Å². The zero-order chi connectivity index (χ0) is 9.31. The molecule has 0 aliphatic heterocycles. The van der Waals surface area contributed by atoms with Crippen LogP contribution in [0.5, 0.6) is 0 Å². The van der Waals surface area contributed by atoms with Crippen LogP contribution in [0.25, 0.3) is 0 Å². The third-order valence-corrected chi connectivity index (χ3v) is 3.86. The van der Waals surface area contributed by atoms with Crippen molar-refractivity contribution in [3.05, 3.63) is 0 Å². The van der Waals surface area contributed by atoms with E-state index in [1.54, 1.807) is 0 Å². The average molecular weight is 181 g/mol. The van der Waals surface area contributed by atoms with Crippen LogP contribution in [0, 0.1) is 11.3 Å². The Kier molecular flexibility index (Phi) is 2.64. The number of nitrogens with one attached hydrogen (secondary N) is 1. The molecule has 0 aromatic rings. The molecule has 76 valence electrons. The van der Waals surface area contributed by atoms with E-state index in [9.17, 15) is 0 Å². The highest BCUT2D eigenvalue weighted by atomic mass is 14.9. The first-order chi connectivity index (χ1) is 6.18. The molecular weight excluding hydrogens is 158 g/mol. The largest absolute Gasteiger partial charge is 0.313 e. The maximum Gasteiger partial charge on any atom is 0.00698 e. The van der Waals surface area contributed by atoms with Crippen LogP contribution >= 0.6 is 0 Å². The van der Waals surface area contributed by atoms with Gasteiger partial charge in [0.25, 0.3) is 0 Å². The highest BCUT2D eigenvalue weighted by Gasteiger charge is 2.37. The van der Waals surface area contributed by atoms with Crippen LogP contribution in [0.2, 0.25) is 0 Å². The van der Waals surface area contributed by atoms with Crippen LogP contribution < -0.4 is 5.32 Å². The fourth-order valence-corrected chi connectivity index (χ4v) is 2.40. The molecule has 0 heterocycles. The first-order valence-electron chi connectivity index (χ1n) is 5.91. The van der Waals surface area contributed by atoms with E-state index in [0.29, 0.717) is 5.41 Å². The number of hydrogen-bond acceptors (Lipinski definition) is 1. The molecule has 0 amide bonds. The lowest BCUT2D eigenvalue weighted by molar-refractivity contribution is 0.288. The highest BCUT2D eigenvalue weighted by molar-refractivity contribution is 4.91. The van der Waals surface area contributed by atoms with Gasteiger partial charge in [-0.15, -0.1) is 0 Å². The first-order valence-corrected chi connectivity index (χ1v) is 5.91. The molecule has 1 heteroatoms. The summed E-state index contributed by atoms with van der Waals surface area (Å²) in [6, 6.07) is 0.834. The molecule has 2 fully saturated rings. The zero-order valence-corrected chi connectivity index (χ0v) is 9.10. The highest BCUT2D eigenvalue weighted by Crippen LogP contribution is 2.44. The van der Waals surface area contributed by atoms with Gasteiger partial charge in [-0.05, 0) is 37.0 Å². The summed E-state index contributed by atoms with van der Waals surface area (Å²) in [6.07, 6.45) is 8.62. The third kappa shape index (κ3) is 2.70. The van der Waals surface area contributed by atoms with E-state index in [-0.39, 0.29) is 0 Å². The molecule has 2 unspecified atom stereocenters. The molecule has 0 radical (unpaired) electrons. The van der Waals surface area contributed by atoms with Gasteiger partial charge in [0.15, 0.2) is 0 Å². The van der Waals surface area contributed by atoms with E-state index in [4.69, 9.17) is 0 Å². The second-order valence-corrected chi connectivity index (χ2v) is 5.66. The molecule has 1 N–H and O–H groups in total. The minimum atomic E-state index is 0.681. The maximum atomic E-state index is 3.75.